The van der Waals surface area contributed by atoms with Gasteiger partial charge in [-0.15, -0.1) is 0 Å². The van der Waals surface area contributed by atoms with Crippen LogP contribution in [0.5, 0.6) is 0 Å². The first-order valence-corrected chi connectivity index (χ1v) is 10.8. The van der Waals surface area contributed by atoms with Gasteiger partial charge in [0.15, 0.2) is 0 Å². The number of nitrogens with zero attached hydrogens (tertiary/aromatic N) is 3. The van der Waals surface area contributed by atoms with Crippen molar-refractivity contribution in [3.8, 4) is 16.8 Å². The molecule has 3 rings (SSSR count). The summed E-state index contributed by atoms with van der Waals surface area (Å²) in [6.07, 6.45) is 1.19. The van der Waals surface area contributed by atoms with Crippen LogP contribution in [0.3, 0.4) is 0 Å². The van der Waals surface area contributed by atoms with Gasteiger partial charge in [-0.3, -0.25) is 9.52 Å². The van der Waals surface area contributed by atoms with E-state index in [1.807, 2.05) is 11.6 Å². The zero-order valence-corrected chi connectivity index (χ0v) is 17.0. The number of alkyl halides is 3. The van der Waals surface area contributed by atoms with Crippen LogP contribution < -0.4 is 10.3 Å². The van der Waals surface area contributed by atoms with Crippen molar-refractivity contribution in [2.75, 3.05) is 11.0 Å². The molecule has 0 aliphatic heterocycles. The third-order valence-electron chi connectivity index (χ3n) is 4.22. The highest BCUT2D eigenvalue weighted by Crippen LogP contribution is 2.38. The summed E-state index contributed by atoms with van der Waals surface area (Å²) in [5, 5.41) is 4.12. The van der Waals surface area contributed by atoms with Crippen molar-refractivity contribution < 1.29 is 21.6 Å². The molecule has 0 aliphatic rings. The second-order valence-corrected chi connectivity index (χ2v) is 8.47. The predicted molar refractivity (Wildman–Crippen MR) is 107 cm³/mol. The quantitative estimate of drug-likeness (QED) is 0.636. The Labute approximate surface area is 170 Å². The van der Waals surface area contributed by atoms with E-state index in [-0.39, 0.29) is 22.4 Å². The van der Waals surface area contributed by atoms with Crippen LogP contribution in [0.4, 0.5) is 18.9 Å². The Morgan fingerprint density at radius 2 is 1.87 bits per heavy atom. The lowest BCUT2D eigenvalue weighted by Gasteiger charge is -2.14. The van der Waals surface area contributed by atoms with Crippen molar-refractivity contribution in [3.63, 3.8) is 0 Å². The van der Waals surface area contributed by atoms with E-state index in [0.29, 0.717) is 12.2 Å². The average molecular weight is 440 g/mol. The van der Waals surface area contributed by atoms with Crippen molar-refractivity contribution in [2.45, 2.75) is 26.1 Å². The van der Waals surface area contributed by atoms with Crippen LogP contribution in [0.15, 0.2) is 53.7 Å². The maximum Gasteiger partial charge on any atom is 0.417 e. The number of sulfonamides is 1. The molecule has 3 aromatic rings. The summed E-state index contributed by atoms with van der Waals surface area (Å²) >= 11 is 0. The van der Waals surface area contributed by atoms with Crippen molar-refractivity contribution in [1.29, 1.82) is 0 Å². The van der Waals surface area contributed by atoms with E-state index >= 15 is 0 Å². The Morgan fingerprint density at radius 1 is 1.13 bits per heavy atom. The highest BCUT2D eigenvalue weighted by atomic mass is 32.2. The van der Waals surface area contributed by atoms with Gasteiger partial charge in [-0.25, -0.2) is 13.1 Å². The maximum atomic E-state index is 13.6. The molecule has 0 aliphatic carbocycles. The van der Waals surface area contributed by atoms with E-state index in [4.69, 9.17) is 0 Å². The standard InChI is InChI=1S/C19H19F3N4O3S/c1-3-8-25-12-15(5-7-18(25)27)26-11-13(10-23-26)16-6-4-14(24-30(2,28)29)9-17(16)19(20,21)22/h4-7,9-12,24H,3,8H2,1-2H3. The minimum absolute atomic E-state index is 0.144. The first-order chi connectivity index (χ1) is 14.0. The summed E-state index contributed by atoms with van der Waals surface area (Å²) in [7, 11) is -3.72. The first-order valence-electron chi connectivity index (χ1n) is 8.93. The van der Waals surface area contributed by atoms with Crippen LogP contribution in [-0.2, 0) is 22.7 Å². The highest BCUT2D eigenvalue weighted by molar-refractivity contribution is 7.92. The lowest BCUT2D eigenvalue weighted by Crippen LogP contribution is -2.19. The van der Waals surface area contributed by atoms with E-state index in [2.05, 4.69) is 5.10 Å². The minimum atomic E-state index is -4.71. The molecule has 160 valence electrons. The van der Waals surface area contributed by atoms with Gasteiger partial charge in [0.05, 0.1) is 23.7 Å². The molecule has 0 unspecified atom stereocenters. The molecule has 1 N–H and O–H groups in total. The monoisotopic (exact) mass is 440 g/mol. The molecule has 0 spiro atoms. The Hall–Kier alpha value is -3.08. The largest absolute Gasteiger partial charge is 0.417 e. The number of hydrogen-bond donors (Lipinski definition) is 1. The lowest BCUT2D eigenvalue weighted by atomic mass is 10.0. The van der Waals surface area contributed by atoms with Gasteiger partial charge in [-0.2, -0.15) is 18.3 Å². The number of benzene rings is 1. The molecule has 0 atom stereocenters. The van der Waals surface area contributed by atoms with Crippen LogP contribution >= 0.6 is 0 Å². The summed E-state index contributed by atoms with van der Waals surface area (Å²) in [5.74, 6) is 0. The molecule has 0 radical (unpaired) electrons. The Bertz CT molecular complexity index is 1230. The highest BCUT2D eigenvalue weighted by Gasteiger charge is 2.34. The fraction of sp³-hybridized carbons (Fsp3) is 0.263. The number of aromatic nitrogens is 3. The molecule has 0 amide bonds. The Morgan fingerprint density at radius 3 is 2.50 bits per heavy atom. The van der Waals surface area contributed by atoms with Crippen LogP contribution in [-0.4, -0.2) is 29.0 Å². The lowest BCUT2D eigenvalue weighted by molar-refractivity contribution is -0.137. The SMILES string of the molecule is CCCn1cc(-n2cc(-c3ccc(NS(C)(=O)=O)cc3C(F)(F)F)cn2)ccc1=O. The topological polar surface area (TPSA) is 86.0 Å². The van der Waals surface area contributed by atoms with Gasteiger partial charge < -0.3 is 4.57 Å². The summed E-state index contributed by atoms with van der Waals surface area (Å²) in [6.45, 7) is 2.43. The Kier molecular flexibility index (Phi) is 5.75. The Balaban J connectivity index is 2.04. The average Bonchev–Trinajstić information content (AvgIpc) is 3.11. The number of halogens is 3. The van der Waals surface area contributed by atoms with Crippen molar-refractivity contribution in [3.05, 3.63) is 64.8 Å². The first kappa shape index (κ1) is 21.6. The molecule has 0 bridgehead atoms. The molecule has 0 saturated heterocycles. The van der Waals surface area contributed by atoms with Crippen LogP contribution in [0, 0.1) is 0 Å². The van der Waals surface area contributed by atoms with E-state index < -0.39 is 21.8 Å². The zero-order valence-electron chi connectivity index (χ0n) is 16.1. The normalized spacial score (nSPS) is 12.2. The molecule has 0 saturated carbocycles. The predicted octanol–water partition coefficient (Wildman–Crippen LogP) is 3.50. The van der Waals surface area contributed by atoms with E-state index in [9.17, 15) is 26.4 Å². The minimum Gasteiger partial charge on any atom is -0.313 e. The molecule has 1 aromatic carbocycles. The van der Waals surface area contributed by atoms with Gasteiger partial charge in [0, 0.05) is 36.3 Å². The molecule has 11 heteroatoms. The number of anilines is 1. The van der Waals surface area contributed by atoms with Crippen molar-refractivity contribution >= 4 is 15.7 Å². The maximum absolute atomic E-state index is 13.6. The molecule has 7 nitrogen and oxygen atoms in total. The van der Waals surface area contributed by atoms with Crippen LogP contribution in [0.25, 0.3) is 16.8 Å². The van der Waals surface area contributed by atoms with Gasteiger partial charge in [-0.05, 0) is 30.2 Å². The fourth-order valence-corrected chi connectivity index (χ4v) is 3.54. The summed E-state index contributed by atoms with van der Waals surface area (Å²) in [6, 6.07) is 6.10. The van der Waals surface area contributed by atoms with Crippen LogP contribution in [0.2, 0.25) is 0 Å². The molecular formula is C19H19F3N4O3S. The summed E-state index contributed by atoms with van der Waals surface area (Å²) in [4.78, 5) is 11.9. The van der Waals surface area contributed by atoms with Crippen molar-refractivity contribution in [1.82, 2.24) is 14.3 Å². The zero-order chi connectivity index (χ0) is 22.1. The molecule has 30 heavy (non-hydrogen) atoms. The van der Waals surface area contributed by atoms with Crippen molar-refractivity contribution in [2.24, 2.45) is 0 Å². The van der Waals surface area contributed by atoms with Crippen LogP contribution in [0.1, 0.15) is 18.9 Å². The molecular weight excluding hydrogens is 421 g/mol. The van der Waals surface area contributed by atoms with E-state index in [0.717, 1.165) is 18.7 Å². The number of rotatable bonds is 6. The molecule has 0 fully saturated rings. The third-order valence-corrected chi connectivity index (χ3v) is 4.83. The summed E-state index contributed by atoms with van der Waals surface area (Å²) in [5.41, 5.74) is -0.782. The van der Waals surface area contributed by atoms with Gasteiger partial charge in [0.1, 0.15) is 0 Å². The fourth-order valence-electron chi connectivity index (χ4n) is 2.98. The van der Waals surface area contributed by atoms with E-state index in [1.54, 1.807) is 6.20 Å². The second-order valence-electron chi connectivity index (χ2n) is 6.72. The van der Waals surface area contributed by atoms with Gasteiger partial charge >= 0.3 is 6.18 Å². The second kappa shape index (κ2) is 7.98. The molecule has 2 heterocycles. The van der Waals surface area contributed by atoms with E-state index in [1.165, 1.54) is 45.9 Å². The molecule has 2 aromatic heterocycles. The van der Waals surface area contributed by atoms with Gasteiger partial charge in [-0.1, -0.05) is 13.0 Å². The number of nitrogens with one attached hydrogen (secondary N) is 1. The number of pyridine rings is 1. The summed E-state index contributed by atoms with van der Waals surface area (Å²) < 4.78 is 68.5. The third kappa shape index (κ3) is 4.90. The van der Waals surface area contributed by atoms with Gasteiger partial charge in [0.2, 0.25) is 10.0 Å². The number of aryl methyl sites for hydroxylation is 1. The smallest absolute Gasteiger partial charge is 0.313 e. The number of hydrogen-bond acceptors (Lipinski definition) is 4. The van der Waals surface area contributed by atoms with Gasteiger partial charge in [0.25, 0.3) is 5.56 Å².